The fourth-order valence-electron chi connectivity index (χ4n) is 2.03. The highest BCUT2D eigenvalue weighted by atomic mass is 79.9. The van der Waals surface area contributed by atoms with Crippen LogP contribution in [0.3, 0.4) is 0 Å². The van der Waals surface area contributed by atoms with Gasteiger partial charge in [-0.3, -0.25) is 4.79 Å². The highest BCUT2D eigenvalue weighted by Crippen LogP contribution is 2.29. The lowest BCUT2D eigenvalue weighted by atomic mass is 10.1. The van der Waals surface area contributed by atoms with E-state index in [1.807, 2.05) is 56.3 Å². The topological polar surface area (TPSA) is 29.1 Å². The van der Waals surface area contributed by atoms with Crippen molar-refractivity contribution in [2.75, 3.05) is 5.32 Å². The van der Waals surface area contributed by atoms with Crippen molar-refractivity contribution in [1.29, 1.82) is 0 Å². The Hall–Kier alpha value is -1.13. The van der Waals surface area contributed by atoms with Crippen molar-refractivity contribution in [3.63, 3.8) is 0 Å². The Morgan fingerprint density at radius 1 is 1.20 bits per heavy atom. The number of hydrogen-bond acceptors (Lipinski definition) is 1. The maximum Gasteiger partial charge on any atom is 0.255 e. The first kappa shape index (κ1) is 15.3. The molecule has 1 N–H and O–H groups in total. The zero-order valence-electron chi connectivity index (χ0n) is 11.3. The summed E-state index contributed by atoms with van der Waals surface area (Å²) in [6.07, 6.45) is 0. The zero-order valence-corrected chi connectivity index (χ0v) is 14.5. The molecule has 1 atom stereocenters. The van der Waals surface area contributed by atoms with Crippen LogP contribution in [-0.2, 0) is 0 Å². The molecule has 0 spiro atoms. The molecule has 0 heterocycles. The molecule has 0 saturated heterocycles. The van der Waals surface area contributed by atoms with Crippen LogP contribution in [0, 0.1) is 6.92 Å². The van der Waals surface area contributed by atoms with E-state index >= 15 is 0 Å². The second kappa shape index (κ2) is 6.55. The Labute approximate surface area is 135 Å². The Balaban J connectivity index is 2.28. The Morgan fingerprint density at radius 2 is 1.90 bits per heavy atom. The standard InChI is InChI=1S/C16H15Br2NO/c1-10-9-12(18)7-8-13(10)16(20)19-15-6-4-3-5-14(15)11(2)17/h3-9,11H,1-2H3,(H,19,20). The third kappa shape index (κ3) is 3.49. The first-order valence-corrected chi connectivity index (χ1v) is 8.00. The summed E-state index contributed by atoms with van der Waals surface area (Å²) in [5.74, 6) is -0.0874. The quantitative estimate of drug-likeness (QED) is 0.685. The predicted octanol–water partition coefficient (Wildman–Crippen LogP) is 5.47. The van der Waals surface area contributed by atoms with Crippen LogP contribution in [-0.4, -0.2) is 5.91 Å². The molecule has 2 nitrogen and oxygen atoms in total. The number of hydrogen-bond donors (Lipinski definition) is 1. The third-order valence-electron chi connectivity index (χ3n) is 3.07. The van der Waals surface area contributed by atoms with E-state index in [1.165, 1.54) is 0 Å². The molecule has 2 aromatic rings. The van der Waals surface area contributed by atoms with Crippen LogP contribution in [0.4, 0.5) is 5.69 Å². The third-order valence-corrected chi connectivity index (χ3v) is 4.06. The fraction of sp³-hybridized carbons (Fsp3) is 0.188. The molecular weight excluding hydrogens is 382 g/mol. The van der Waals surface area contributed by atoms with E-state index in [0.717, 1.165) is 21.3 Å². The summed E-state index contributed by atoms with van der Waals surface area (Å²) in [6.45, 7) is 3.97. The number of carbonyl (C=O) groups is 1. The average molecular weight is 397 g/mol. The molecule has 0 bridgehead atoms. The monoisotopic (exact) mass is 395 g/mol. The normalized spacial score (nSPS) is 12.0. The van der Waals surface area contributed by atoms with Crippen molar-refractivity contribution in [2.45, 2.75) is 18.7 Å². The van der Waals surface area contributed by atoms with E-state index in [1.54, 1.807) is 0 Å². The summed E-state index contributed by atoms with van der Waals surface area (Å²) in [7, 11) is 0. The molecule has 0 aliphatic heterocycles. The minimum absolute atomic E-state index is 0.0874. The molecule has 2 aromatic carbocycles. The maximum absolute atomic E-state index is 12.4. The lowest BCUT2D eigenvalue weighted by Crippen LogP contribution is -2.14. The van der Waals surface area contributed by atoms with Gasteiger partial charge >= 0.3 is 0 Å². The zero-order chi connectivity index (χ0) is 14.7. The van der Waals surface area contributed by atoms with Crippen LogP contribution in [0.1, 0.15) is 33.2 Å². The second-order valence-electron chi connectivity index (χ2n) is 4.62. The van der Waals surface area contributed by atoms with Gasteiger partial charge in [-0.05, 0) is 49.2 Å². The molecule has 20 heavy (non-hydrogen) atoms. The van der Waals surface area contributed by atoms with Gasteiger partial charge in [0.1, 0.15) is 0 Å². The van der Waals surface area contributed by atoms with Gasteiger partial charge in [0.05, 0.1) is 0 Å². The molecule has 0 aliphatic carbocycles. The molecule has 0 radical (unpaired) electrons. The van der Waals surface area contributed by atoms with Gasteiger partial charge < -0.3 is 5.32 Å². The van der Waals surface area contributed by atoms with E-state index in [4.69, 9.17) is 0 Å². The van der Waals surface area contributed by atoms with Crippen molar-refractivity contribution >= 4 is 43.5 Å². The van der Waals surface area contributed by atoms with Crippen molar-refractivity contribution in [1.82, 2.24) is 0 Å². The van der Waals surface area contributed by atoms with Crippen LogP contribution in [0.5, 0.6) is 0 Å². The Kier molecular flexibility index (Phi) is 5.00. The molecule has 1 unspecified atom stereocenters. The molecule has 2 rings (SSSR count). The molecule has 0 fully saturated rings. The van der Waals surface area contributed by atoms with Gasteiger partial charge in [-0.1, -0.05) is 50.1 Å². The first-order valence-electron chi connectivity index (χ1n) is 6.29. The second-order valence-corrected chi connectivity index (χ2v) is 6.91. The lowest BCUT2D eigenvalue weighted by Gasteiger charge is -2.13. The van der Waals surface area contributed by atoms with Gasteiger partial charge in [-0.25, -0.2) is 0 Å². The largest absolute Gasteiger partial charge is 0.322 e. The van der Waals surface area contributed by atoms with Crippen LogP contribution in [0.25, 0.3) is 0 Å². The lowest BCUT2D eigenvalue weighted by molar-refractivity contribution is 0.102. The number of amides is 1. The van der Waals surface area contributed by atoms with Crippen molar-refractivity contribution in [2.24, 2.45) is 0 Å². The molecule has 0 saturated carbocycles. The first-order chi connectivity index (χ1) is 9.49. The molecule has 0 aromatic heterocycles. The van der Waals surface area contributed by atoms with Crippen molar-refractivity contribution in [3.8, 4) is 0 Å². The van der Waals surface area contributed by atoms with Gasteiger partial charge in [0.2, 0.25) is 0 Å². The smallest absolute Gasteiger partial charge is 0.255 e. The Morgan fingerprint density at radius 3 is 2.55 bits per heavy atom. The van der Waals surface area contributed by atoms with E-state index in [-0.39, 0.29) is 10.7 Å². The van der Waals surface area contributed by atoms with E-state index in [2.05, 4.69) is 37.2 Å². The molecular formula is C16H15Br2NO. The summed E-state index contributed by atoms with van der Waals surface area (Å²) in [5.41, 5.74) is 3.53. The molecule has 0 aliphatic rings. The fourth-order valence-corrected chi connectivity index (χ4v) is 2.90. The summed E-state index contributed by atoms with van der Waals surface area (Å²) >= 11 is 6.95. The summed E-state index contributed by atoms with van der Waals surface area (Å²) < 4.78 is 0.973. The maximum atomic E-state index is 12.4. The van der Waals surface area contributed by atoms with E-state index in [9.17, 15) is 4.79 Å². The van der Waals surface area contributed by atoms with E-state index in [0.29, 0.717) is 5.56 Å². The molecule has 4 heteroatoms. The number of benzene rings is 2. The van der Waals surface area contributed by atoms with Gasteiger partial charge in [-0.2, -0.15) is 0 Å². The Bertz CT molecular complexity index is 638. The van der Waals surface area contributed by atoms with Crippen LogP contribution in [0.15, 0.2) is 46.9 Å². The van der Waals surface area contributed by atoms with Crippen molar-refractivity contribution < 1.29 is 4.79 Å². The number of aryl methyl sites for hydroxylation is 1. The average Bonchev–Trinajstić information content (AvgIpc) is 2.38. The summed E-state index contributed by atoms with van der Waals surface area (Å²) in [5, 5.41) is 2.98. The summed E-state index contributed by atoms with van der Waals surface area (Å²) in [6, 6.07) is 13.4. The highest BCUT2D eigenvalue weighted by molar-refractivity contribution is 9.10. The number of anilines is 1. The molecule has 104 valence electrons. The number of para-hydroxylation sites is 1. The molecule has 1 amide bonds. The summed E-state index contributed by atoms with van der Waals surface area (Å²) in [4.78, 5) is 12.6. The van der Waals surface area contributed by atoms with Gasteiger partial charge in [-0.15, -0.1) is 0 Å². The number of halogens is 2. The number of nitrogens with one attached hydrogen (secondary N) is 1. The van der Waals surface area contributed by atoms with Gasteiger partial charge in [0.15, 0.2) is 0 Å². The van der Waals surface area contributed by atoms with Crippen LogP contribution in [0.2, 0.25) is 0 Å². The van der Waals surface area contributed by atoms with Gasteiger partial charge in [0, 0.05) is 20.6 Å². The minimum Gasteiger partial charge on any atom is -0.322 e. The van der Waals surface area contributed by atoms with E-state index < -0.39 is 0 Å². The van der Waals surface area contributed by atoms with Gasteiger partial charge in [0.25, 0.3) is 5.91 Å². The number of alkyl halides is 1. The predicted molar refractivity (Wildman–Crippen MR) is 90.6 cm³/mol. The van der Waals surface area contributed by atoms with Crippen molar-refractivity contribution in [3.05, 3.63) is 63.6 Å². The highest BCUT2D eigenvalue weighted by Gasteiger charge is 2.13. The van der Waals surface area contributed by atoms with Crippen LogP contribution >= 0.6 is 31.9 Å². The minimum atomic E-state index is -0.0874. The number of carbonyl (C=O) groups excluding carboxylic acids is 1. The van der Waals surface area contributed by atoms with Crippen LogP contribution < -0.4 is 5.32 Å². The number of rotatable bonds is 3. The SMILES string of the molecule is Cc1cc(Br)ccc1C(=O)Nc1ccccc1C(C)Br.